The maximum absolute atomic E-state index is 12.7. The molecule has 0 amide bonds. The number of hydrogen-bond acceptors (Lipinski definition) is 2. The molecule has 0 saturated heterocycles. The largest absolute Gasteiger partial charge is 0.289 e. The van der Waals surface area contributed by atoms with Crippen molar-refractivity contribution in [1.29, 1.82) is 0 Å². The summed E-state index contributed by atoms with van der Waals surface area (Å²) in [6.45, 7) is 3.83. The van der Waals surface area contributed by atoms with Crippen molar-refractivity contribution in [3.8, 4) is 0 Å². The number of rotatable bonds is 3. The number of carbonyl (C=O) groups excluding carboxylic acids is 1. The highest BCUT2D eigenvalue weighted by molar-refractivity contribution is 7.98. The monoisotopic (exact) mass is 290 g/mol. The second kappa shape index (κ2) is 5.81. The van der Waals surface area contributed by atoms with Gasteiger partial charge in [-0.25, -0.2) is 0 Å². The third-order valence-corrected chi connectivity index (χ3v) is 4.30. The number of aryl methyl sites for hydroxylation is 2. The van der Waals surface area contributed by atoms with Crippen LogP contribution in [0.3, 0.4) is 0 Å². The van der Waals surface area contributed by atoms with Crippen LogP contribution in [-0.4, -0.2) is 12.0 Å². The molecule has 0 bridgehead atoms. The van der Waals surface area contributed by atoms with Gasteiger partial charge in [0, 0.05) is 21.0 Å². The summed E-state index contributed by atoms with van der Waals surface area (Å²) in [5.74, 6) is 0.0576. The minimum Gasteiger partial charge on any atom is -0.289 e. The van der Waals surface area contributed by atoms with E-state index in [0.29, 0.717) is 5.02 Å². The first kappa shape index (κ1) is 14.2. The van der Waals surface area contributed by atoms with Crippen LogP contribution in [0.4, 0.5) is 0 Å². The van der Waals surface area contributed by atoms with Crippen molar-refractivity contribution < 1.29 is 4.79 Å². The Morgan fingerprint density at radius 1 is 1.05 bits per heavy atom. The molecule has 2 aromatic carbocycles. The summed E-state index contributed by atoms with van der Waals surface area (Å²) in [5.41, 5.74) is 3.32. The second-order valence-corrected chi connectivity index (χ2v) is 5.70. The molecule has 0 radical (unpaired) electrons. The summed E-state index contributed by atoms with van der Waals surface area (Å²) in [6, 6.07) is 11.4. The molecule has 98 valence electrons. The predicted molar refractivity (Wildman–Crippen MR) is 82.6 cm³/mol. The molecule has 0 aliphatic carbocycles. The Morgan fingerprint density at radius 3 is 2.42 bits per heavy atom. The summed E-state index contributed by atoms with van der Waals surface area (Å²) < 4.78 is 0. The first-order chi connectivity index (χ1) is 9.04. The molecule has 0 spiro atoms. The zero-order valence-corrected chi connectivity index (χ0v) is 12.7. The highest BCUT2D eigenvalue weighted by atomic mass is 35.5. The maximum Gasteiger partial charge on any atom is 0.194 e. The van der Waals surface area contributed by atoms with Gasteiger partial charge in [0.2, 0.25) is 0 Å². The van der Waals surface area contributed by atoms with Gasteiger partial charge < -0.3 is 0 Å². The lowest BCUT2D eigenvalue weighted by Gasteiger charge is -2.10. The van der Waals surface area contributed by atoms with E-state index < -0.39 is 0 Å². The molecule has 0 fully saturated rings. The van der Waals surface area contributed by atoms with Crippen LogP contribution in [0.2, 0.25) is 5.02 Å². The molecular weight excluding hydrogens is 276 g/mol. The van der Waals surface area contributed by atoms with E-state index in [1.807, 2.05) is 56.5 Å². The van der Waals surface area contributed by atoms with E-state index >= 15 is 0 Å². The van der Waals surface area contributed by atoms with Crippen LogP contribution in [0.5, 0.6) is 0 Å². The standard InChI is InChI=1S/C16H15ClOS/c1-10-9-14(17)11(2)8-13(10)16(18)12-6-4-5-7-15(12)19-3/h4-9H,1-3H3. The van der Waals surface area contributed by atoms with Crippen LogP contribution in [0.1, 0.15) is 27.0 Å². The fourth-order valence-electron chi connectivity index (χ4n) is 2.00. The average molecular weight is 291 g/mol. The topological polar surface area (TPSA) is 17.1 Å². The third kappa shape index (κ3) is 2.85. The van der Waals surface area contributed by atoms with E-state index in [1.54, 1.807) is 11.8 Å². The van der Waals surface area contributed by atoms with Crippen molar-refractivity contribution in [2.24, 2.45) is 0 Å². The minimum atomic E-state index is 0.0576. The highest BCUT2D eigenvalue weighted by Gasteiger charge is 2.16. The first-order valence-electron chi connectivity index (χ1n) is 5.99. The summed E-state index contributed by atoms with van der Waals surface area (Å²) in [4.78, 5) is 13.7. The Labute approximate surface area is 123 Å². The lowest BCUT2D eigenvalue weighted by Crippen LogP contribution is -2.05. The van der Waals surface area contributed by atoms with Gasteiger partial charge in [-0.3, -0.25) is 4.79 Å². The number of thioether (sulfide) groups is 1. The molecule has 0 heterocycles. The normalized spacial score (nSPS) is 10.5. The van der Waals surface area contributed by atoms with Gasteiger partial charge in [-0.15, -0.1) is 11.8 Å². The molecule has 1 nitrogen and oxygen atoms in total. The van der Waals surface area contributed by atoms with Crippen molar-refractivity contribution in [3.05, 3.63) is 63.7 Å². The molecule has 0 aliphatic heterocycles. The minimum absolute atomic E-state index is 0.0576. The molecule has 0 N–H and O–H groups in total. The SMILES string of the molecule is CSc1ccccc1C(=O)c1cc(C)c(Cl)cc1C. The molecule has 2 rings (SSSR count). The van der Waals surface area contributed by atoms with Crippen molar-refractivity contribution >= 4 is 29.1 Å². The molecule has 19 heavy (non-hydrogen) atoms. The van der Waals surface area contributed by atoms with Gasteiger partial charge in [0.1, 0.15) is 0 Å². The fourth-order valence-corrected chi connectivity index (χ4v) is 2.82. The number of ketones is 1. The van der Waals surface area contributed by atoms with Gasteiger partial charge in [-0.1, -0.05) is 23.7 Å². The van der Waals surface area contributed by atoms with Crippen molar-refractivity contribution in [3.63, 3.8) is 0 Å². The van der Waals surface area contributed by atoms with Crippen molar-refractivity contribution in [2.45, 2.75) is 18.7 Å². The fraction of sp³-hybridized carbons (Fsp3) is 0.188. The van der Waals surface area contributed by atoms with E-state index in [0.717, 1.165) is 27.1 Å². The lowest BCUT2D eigenvalue weighted by molar-refractivity contribution is 0.103. The van der Waals surface area contributed by atoms with Crippen LogP contribution in [0.15, 0.2) is 41.3 Å². The van der Waals surface area contributed by atoms with Gasteiger partial charge >= 0.3 is 0 Å². The van der Waals surface area contributed by atoms with Crippen LogP contribution in [-0.2, 0) is 0 Å². The number of benzene rings is 2. The van der Waals surface area contributed by atoms with Gasteiger partial charge in [-0.05, 0) is 55.5 Å². The summed E-state index contributed by atoms with van der Waals surface area (Å²) >= 11 is 7.66. The third-order valence-electron chi connectivity index (χ3n) is 3.10. The molecule has 0 aliphatic rings. The summed E-state index contributed by atoms with van der Waals surface area (Å²) in [6.07, 6.45) is 1.98. The van der Waals surface area contributed by atoms with Gasteiger partial charge in [-0.2, -0.15) is 0 Å². The van der Waals surface area contributed by atoms with E-state index in [1.165, 1.54) is 0 Å². The Hall–Kier alpha value is -1.25. The Bertz CT molecular complexity index is 635. The highest BCUT2D eigenvalue weighted by Crippen LogP contribution is 2.26. The number of hydrogen-bond donors (Lipinski definition) is 0. The van der Waals surface area contributed by atoms with Crippen molar-refractivity contribution in [2.75, 3.05) is 6.26 Å². The number of halogens is 1. The van der Waals surface area contributed by atoms with Crippen LogP contribution >= 0.6 is 23.4 Å². The molecule has 0 saturated carbocycles. The molecule has 0 atom stereocenters. The predicted octanol–water partition coefficient (Wildman–Crippen LogP) is 4.91. The molecular formula is C16H15ClOS. The Morgan fingerprint density at radius 2 is 1.74 bits per heavy atom. The van der Waals surface area contributed by atoms with Crippen LogP contribution in [0.25, 0.3) is 0 Å². The van der Waals surface area contributed by atoms with Crippen LogP contribution in [0, 0.1) is 13.8 Å². The smallest absolute Gasteiger partial charge is 0.194 e. The average Bonchev–Trinajstić information content (AvgIpc) is 2.42. The second-order valence-electron chi connectivity index (χ2n) is 4.45. The van der Waals surface area contributed by atoms with Gasteiger partial charge in [0.25, 0.3) is 0 Å². The summed E-state index contributed by atoms with van der Waals surface area (Å²) in [7, 11) is 0. The summed E-state index contributed by atoms with van der Waals surface area (Å²) in [5, 5.41) is 0.701. The Kier molecular flexibility index (Phi) is 4.33. The van der Waals surface area contributed by atoms with E-state index in [4.69, 9.17) is 11.6 Å². The lowest BCUT2D eigenvalue weighted by atomic mass is 9.97. The first-order valence-corrected chi connectivity index (χ1v) is 7.59. The molecule has 0 aromatic heterocycles. The van der Waals surface area contributed by atoms with Crippen LogP contribution < -0.4 is 0 Å². The zero-order chi connectivity index (χ0) is 14.0. The van der Waals surface area contributed by atoms with E-state index in [2.05, 4.69) is 0 Å². The van der Waals surface area contributed by atoms with E-state index in [-0.39, 0.29) is 5.78 Å². The zero-order valence-electron chi connectivity index (χ0n) is 11.2. The van der Waals surface area contributed by atoms with Gasteiger partial charge in [0.05, 0.1) is 0 Å². The quantitative estimate of drug-likeness (QED) is 0.590. The Balaban J connectivity index is 2.53. The maximum atomic E-state index is 12.7. The number of carbonyl (C=O) groups is 1. The molecule has 0 unspecified atom stereocenters. The van der Waals surface area contributed by atoms with Gasteiger partial charge in [0.15, 0.2) is 5.78 Å². The van der Waals surface area contributed by atoms with E-state index in [9.17, 15) is 4.79 Å². The molecule has 3 heteroatoms. The molecule has 2 aromatic rings. The van der Waals surface area contributed by atoms with Crippen molar-refractivity contribution in [1.82, 2.24) is 0 Å².